The second kappa shape index (κ2) is 7.66. The highest BCUT2D eigenvalue weighted by Gasteiger charge is 2.05. The molecule has 2 nitrogen and oxygen atoms in total. The molecule has 1 amide bonds. The second-order valence-corrected chi connectivity index (χ2v) is 4.13. The fraction of sp³-hybridized carbons (Fsp3) is 0.400. The van der Waals surface area contributed by atoms with Gasteiger partial charge in [-0.15, -0.1) is 0 Å². The van der Waals surface area contributed by atoms with E-state index in [1.54, 1.807) is 18.0 Å². The summed E-state index contributed by atoms with van der Waals surface area (Å²) >= 11 is 0. The fourth-order valence-electron chi connectivity index (χ4n) is 1.59. The first-order valence-electron chi connectivity index (χ1n) is 6.25. The third-order valence-electron chi connectivity index (χ3n) is 2.71. The molecule has 1 aromatic rings. The summed E-state index contributed by atoms with van der Waals surface area (Å²) in [4.78, 5) is 13.5. The Hall–Kier alpha value is -1.57. The van der Waals surface area contributed by atoms with Gasteiger partial charge in [0.2, 0.25) is 5.91 Å². The van der Waals surface area contributed by atoms with Crippen LogP contribution in [0.3, 0.4) is 0 Å². The van der Waals surface area contributed by atoms with E-state index in [2.05, 4.69) is 6.92 Å². The topological polar surface area (TPSA) is 20.3 Å². The van der Waals surface area contributed by atoms with Gasteiger partial charge in [-0.3, -0.25) is 4.79 Å². The quantitative estimate of drug-likeness (QED) is 0.539. The van der Waals surface area contributed by atoms with Crippen LogP contribution in [0.4, 0.5) is 5.69 Å². The van der Waals surface area contributed by atoms with E-state index < -0.39 is 0 Å². The second-order valence-electron chi connectivity index (χ2n) is 4.13. The smallest absolute Gasteiger partial charge is 0.250 e. The zero-order valence-corrected chi connectivity index (χ0v) is 10.7. The maximum Gasteiger partial charge on any atom is 0.250 e. The van der Waals surface area contributed by atoms with Gasteiger partial charge < -0.3 is 4.90 Å². The molecule has 0 aliphatic rings. The summed E-state index contributed by atoms with van der Waals surface area (Å²) in [6.45, 7) is 2.18. The van der Waals surface area contributed by atoms with Crippen LogP contribution in [0.2, 0.25) is 0 Å². The summed E-state index contributed by atoms with van der Waals surface area (Å²) in [7, 11) is 1.80. The highest BCUT2D eigenvalue weighted by Crippen LogP contribution is 2.11. The minimum absolute atomic E-state index is 0.0349. The number of rotatable bonds is 6. The number of amides is 1. The number of hydrogen-bond acceptors (Lipinski definition) is 1. The molecule has 0 aliphatic heterocycles. The monoisotopic (exact) mass is 231 g/mol. The molecule has 0 saturated heterocycles. The SMILES string of the molecule is CCCCCC=CC(=O)N(C)c1ccccc1. The molecule has 0 unspecified atom stereocenters. The summed E-state index contributed by atoms with van der Waals surface area (Å²) in [5, 5.41) is 0. The van der Waals surface area contributed by atoms with E-state index in [9.17, 15) is 4.79 Å². The normalized spacial score (nSPS) is 10.7. The summed E-state index contributed by atoms with van der Waals surface area (Å²) in [5.74, 6) is 0.0349. The van der Waals surface area contributed by atoms with Gasteiger partial charge in [0.1, 0.15) is 0 Å². The molecule has 0 saturated carbocycles. The summed E-state index contributed by atoms with van der Waals surface area (Å²) in [5.41, 5.74) is 0.927. The highest BCUT2D eigenvalue weighted by molar-refractivity contribution is 6.00. The van der Waals surface area contributed by atoms with Crippen molar-refractivity contribution in [1.82, 2.24) is 0 Å². The Morgan fingerprint density at radius 2 is 1.94 bits per heavy atom. The summed E-state index contributed by atoms with van der Waals surface area (Å²) in [6.07, 6.45) is 8.23. The number of carbonyl (C=O) groups excluding carboxylic acids is 1. The van der Waals surface area contributed by atoms with Gasteiger partial charge in [0, 0.05) is 12.7 Å². The molecule has 0 radical (unpaired) electrons. The van der Waals surface area contributed by atoms with Crippen LogP contribution >= 0.6 is 0 Å². The Bertz CT molecular complexity index is 356. The minimum Gasteiger partial charge on any atom is -0.312 e. The van der Waals surface area contributed by atoms with Crippen LogP contribution in [0.5, 0.6) is 0 Å². The zero-order chi connectivity index (χ0) is 12.5. The lowest BCUT2D eigenvalue weighted by Crippen LogP contribution is -2.23. The molecular weight excluding hydrogens is 210 g/mol. The van der Waals surface area contributed by atoms with Gasteiger partial charge >= 0.3 is 0 Å². The third-order valence-corrected chi connectivity index (χ3v) is 2.71. The molecule has 0 fully saturated rings. The highest BCUT2D eigenvalue weighted by atomic mass is 16.2. The maximum atomic E-state index is 11.8. The van der Waals surface area contributed by atoms with Crippen LogP contribution in [-0.2, 0) is 4.79 Å². The lowest BCUT2D eigenvalue weighted by Gasteiger charge is -2.14. The molecule has 0 heterocycles. The van der Waals surface area contributed by atoms with Crippen LogP contribution < -0.4 is 4.90 Å². The number of para-hydroxylation sites is 1. The van der Waals surface area contributed by atoms with Gasteiger partial charge in [0.15, 0.2) is 0 Å². The van der Waals surface area contributed by atoms with Gasteiger partial charge in [-0.2, -0.15) is 0 Å². The van der Waals surface area contributed by atoms with Crippen molar-refractivity contribution in [2.45, 2.75) is 32.6 Å². The van der Waals surface area contributed by atoms with Gasteiger partial charge in [0.05, 0.1) is 0 Å². The number of anilines is 1. The van der Waals surface area contributed by atoms with Crippen molar-refractivity contribution in [1.29, 1.82) is 0 Å². The van der Waals surface area contributed by atoms with Crippen LogP contribution in [0.1, 0.15) is 32.6 Å². The van der Waals surface area contributed by atoms with Crippen molar-refractivity contribution >= 4 is 11.6 Å². The van der Waals surface area contributed by atoms with Crippen LogP contribution in [0, 0.1) is 0 Å². The van der Waals surface area contributed by atoms with Crippen LogP contribution in [0.25, 0.3) is 0 Å². The average Bonchev–Trinajstić information content (AvgIpc) is 2.38. The largest absolute Gasteiger partial charge is 0.312 e. The molecule has 0 bridgehead atoms. The Morgan fingerprint density at radius 3 is 2.59 bits per heavy atom. The number of nitrogens with zero attached hydrogens (tertiary/aromatic N) is 1. The van der Waals surface area contributed by atoms with Crippen molar-refractivity contribution in [2.24, 2.45) is 0 Å². The minimum atomic E-state index is 0.0349. The first-order valence-corrected chi connectivity index (χ1v) is 6.25. The molecule has 0 atom stereocenters. The van der Waals surface area contributed by atoms with Crippen molar-refractivity contribution in [3.63, 3.8) is 0 Å². The molecule has 1 aromatic carbocycles. The van der Waals surface area contributed by atoms with Crippen LogP contribution in [0.15, 0.2) is 42.5 Å². The van der Waals surface area contributed by atoms with E-state index in [0.29, 0.717) is 0 Å². The van der Waals surface area contributed by atoms with E-state index in [1.807, 2.05) is 36.4 Å². The molecule has 0 aromatic heterocycles. The molecule has 0 spiro atoms. The Labute approximate surface area is 104 Å². The Morgan fingerprint density at radius 1 is 1.24 bits per heavy atom. The lowest BCUT2D eigenvalue weighted by atomic mass is 10.2. The van der Waals surface area contributed by atoms with Crippen molar-refractivity contribution in [3.05, 3.63) is 42.5 Å². The van der Waals surface area contributed by atoms with E-state index >= 15 is 0 Å². The zero-order valence-electron chi connectivity index (χ0n) is 10.7. The van der Waals surface area contributed by atoms with E-state index in [4.69, 9.17) is 0 Å². The molecule has 0 aliphatic carbocycles. The lowest BCUT2D eigenvalue weighted by molar-refractivity contribution is -0.113. The molecule has 1 rings (SSSR count). The fourth-order valence-corrected chi connectivity index (χ4v) is 1.59. The molecule has 92 valence electrons. The maximum absolute atomic E-state index is 11.8. The molecule has 0 N–H and O–H groups in total. The molecule has 2 heteroatoms. The Balaban J connectivity index is 2.42. The van der Waals surface area contributed by atoms with Crippen molar-refractivity contribution in [2.75, 3.05) is 11.9 Å². The number of allylic oxidation sites excluding steroid dienone is 1. The van der Waals surface area contributed by atoms with Gasteiger partial charge in [-0.25, -0.2) is 0 Å². The predicted molar refractivity (Wildman–Crippen MR) is 73.1 cm³/mol. The predicted octanol–water partition coefficient (Wildman–Crippen LogP) is 3.79. The number of hydrogen-bond donors (Lipinski definition) is 0. The average molecular weight is 231 g/mol. The first-order chi connectivity index (χ1) is 8.25. The van der Waals surface area contributed by atoms with Crippen molar-refractivity contribution in [3.8, 4) is 0 Å². The van der Waals surface area contributed by atoms with E-state index in [0.717, 1.165) is 18.5 Å². The summed E-state index contributed by atoms with van der Waals surface area (Å²) < 4.78 is 0. The first kappa shape index (κ1) is 13.5. The number of benzene rings is 1. The van der Waals surface area contributed by atoms with E-state index in [-0.39, 0.29) is 5.91 Å². The number of likely N-dealkylation sites (N-methyl/N-ethyl adjacent to an activating group) is 1. The van der Waals surface area contributed by atoms with Crippen molar-refractivity contribution < 1.29 is 4.79 Å². The Kier molecular flexibility index (Phi) is 6.08. The summed E-state index contributed by atoms with van der Waals surface area (Å²) in [6, 6.07) is 9.68. The standard InChI is InChI=1S/C15H21NO/c1-3-4-5-6-10-13-15(17)16(2)14-11-8-7-9-12-14/h7-13H,3-6H2,1-2H3. The molecular formula is C15H21NO. The molecule has 17 heavy (non-hydrogen) atoms. The number of carbonyl (C=O) groups is 1. The van der Waals surface area contributed by atoms with Gasteiger partial charge in [0.25, 0.3) is 0 Å². The van der Waals surface area contributed by atoms with E-state index in [1.165, 1.54) is 12.8 Å². The third kappa shape index (κ3) is 4.85. The van der Waals surface area contributed by atoms with Gasteiger partial charge in [-0.1, -0.05) is 44.0 Å². The van der Waals surface area contributed by atoms with Crippen LogP contribution in [-0.4, -0.2) is 13.0 Å². The van der Waals surface area contributed by atoms with Gasteiger partial charge in [-0.05, 0) is 31.1 Å². The number of unbranched alkanes of at least 4 members (excludes halogenated alkanes) is 3.